The normalized spacial score (nSPS) is 18.2. The first-order valence-electron chi connectivity index (χ1n) is 9.24. The Bertz CT molecular complexity index is 791. The number of nitrogens with zero attached hydrogens (tertiary/aromatic N) is 2. The first kappa shape index (κ1) is 19.6. The second kappa shape index (κ2) is 8.71. The molecule has 1 aromatic carbocycles. The lowest BCUT2D eigenvalue weighted by Crippen LogP contribution is -2.45. The predicted octanol–water partition coefficient (Wildman–Crippen LogP) is 3.24. The maximum atomic E-state index is 12.9. The molecule has 146 valence electrons. The van der Waals surface area contributed by atoms with Gasteiger partial charge in [-0.05, 0) is 50.8 Å². The lowest BCUT2D eigenvalue weighted by Gasteiger charge is -2.34. The van der Waals surface area contributed by atoms with Crippen molar-refractivity contribution in [2.75, 3.05) is 20.2 Å². The smallest absolute Gasteiger partial charge is 0.254 e. The molecule has 27 heavy (non-hydrogen) atoms. The topological polar surface area (TPSA) is 77.7 Å². The molecule has 0 saturated carbocycles. The molecule has 1 fully saturated rings. The molecule has 2 heterocycles. The van der Waals surface area contributed by atoms with Gasteiger partial charge in [0.05, 0.1) is 17.8 Å². The average molecular weight is 390 g/mol. The van der Waals surface area contributed by atoms with Crippen molar-refractivity contribution in [3.63, 3.8) is 0 Å². The van der Waals surface area contributed by atoms with Gasteiger partial charge in [-0.25, -0.2) is 4.98 Å². The molecule has 0 unspecified atom stereocenters. The number of carbonyl (C=O) groups excluding carboxylic acids is 1. The molecule has 0 spiro atoms. The Morgan fingerprint density at radius 2 is 2.26 bits per heavy atom. The first-order chi connectivity index (χ1) is 13.0. The van der Waals surface area contributed by atoms with Crippen molar-refractivity contribution in [2.24, 2.45) is 11.7 Å². The summed E-state index contributed by atoms with van der Waals surface area (Å²) < 4.78 is 11.3. The molecule has 2 aromatic rings. The molecule has 1 aliphatic heterocycles. The first-order valence-corrected chi connectivity index (χ1v) is 10.1. The molecule has 1 aromatic heterocycles. The fourth-order valence-electron chi connectivity index (χ4n) is 3.35. The monoisotopic (exact) mass is 389 g/mol. The molecule has 3 rings (SSSR count). The van der Waals surface area contributed by atoms with Gasteiger partial charge in [0.25, 0.3) is 5.91 Å². The van der Waals surface area contributed by atoms with Crippen molar-refractivity contribution in [1.29, 1.82) is 0 Å². The quantitative estimate of drug-likeness (QED) is 0.821. The van der Waals surface area contributed by atoms with Crippen LogP contribution in [-0.2, 0) is 6.61 Å². The van der Waals surface area contributed by atoms with Gasteiger partial charge < -0.3 is 20.1 Å². The van der Waals surface area contributed by atoms with Crippen LogP contribution in [-0.4, -0.2) is 42.0 Å². The maximum absolute atomic E-state index is 12.9. The molecule has 2 atom stereocenters. The highest BCUT2D eigenvalue weighted by Gasteiger charge is 2.27. The summed E-state index contributed by atoms with van der Waals surface area (Å²) in [7, 11) is 1.58. The van der Waals surface area contributed by atoms with E-state index in [2.05, 4.69) is 4.98 Å². The van der Waals surface area contributed by atoms with Crippen molar-refractivity contribution >= 4 is 17.2 Å². The van der Waals surface area contributed by atoms with Crippen LogP contribution in [0.15, 0.2) is 23.6 Å². The van der Waals surface area contributed by atoms with Crippen LogP contribution in [0.4, 0.5) is 0 Å². The van der Waals surface area contributed by atoms with Crippen LogP contribution < -0.4 is 15.2 Å². The summed E-state index contributed by atoms with van der Waals surface area (Å²) >= 11 is 1.59. The summed E-state index contributed by atoms with van der Waals surface area (Å²) in [4.78, 5) is 19.2. The second-order valence-corrected chi connectivity index (χ2v) is 8.09. The fourth-order valence-corrected chi connectivity index (χ4v) is 3.95. The molecule has 1 aliphatic rings. The number of aryl methyl sites for hydroxylation is 1. The number of nitrogens with two attached hydrogens (primary N) is 1. The van der Waals surface area contributed by atoms with Gasteiger partial charge in [-0.2, -0.15) is 0 Å². The molecular formula is C20H27N3O3S. The van der Waals surface area contributed by atoms with Crippen LogP contribution in [0.25, 0.3) is 0 Å². The highest BCUT2D eigenvalue weighted by Crippen LogP contribution is 2.30. The largest absolute Gasteiger partial charge is 0.493 e. The summed E-state index contributed by atoms with van der Waals surface area (Å²) in [6.45, 7) is 5.82. The molecule has 6 nitrogen and oxygen atoms in total. The lowest BCUT2D eigenvalue weighted by atomic mass is 9.92. The Kier molecular flexibility index (Phi) is 6.34. The third-order valence-electron chi connectivity index (χ3n) is 4.94. The molecule has 2 N–H and O–H groups in total. The third kappa shape index (κ3) is 4.78. The Morgan fingerprint density at radius 3 is 2.93 bits per heavy atom. The number of hydrogen-bond acceptors (Lipinski definition) is 6. The van der Waals surface area contributed by atoms with Crippen LogP contribution >= 0.6 is 11.3 Å². The lowest BCUT2D eigenvalue weighted by molar-refractivity contribution is 0.0660. The van der Waals surface area contributed by atoms with Gasteiger partial charge in [-0.1, -0.05) is 0 Å². The number of piperidine rings is 1. The van der Waals surface area contributed by atoms with Crippen LogP contribution in [0.2, 0.25) is 0 Å². The molecule has 1 saturated heterocycles. The van der Waals surface area contributed by atoms with E-state index in [0.29, 0.717) is 36.1 Å². The number of benzene rings is 1. The number of thiazole rings is 1. The van der Waals surface area contributed by atoms with Crippen LogP contribution in [0, 0.1) is 12.8 Å². The van der Waals surface area contributed by atoms with Gasteiger partial charge in [-0.15, -0.1) is 11.3 Å². The van der Waals surface area contributed by atoms with Crippen LogP contribution in [0.1, 0.15) is 40.8 Å². The zero-order valence-electron chi connectivity index (χ0n) is 16.1. The molecule has 7 heteroatoms. The van der Waals surface area contributed by atoms with Gasteiger partial charge in [0.15, 0.2) is 11.5 Å². The van der Waals surface area contributed by atoms with E-state index >= 15 is 0 Å². The number of amides is 1. The van der Waals surface area contributed by atoms with Crippen molar-refractivity contribution in [3.05, 3.63) is 39.8 Å². The van der Waals surface area contributed by atoms with Gasteiger partial charge >= 0.3 is 0 Å². The summed E-state index contributed by atoms with van der Waals surface area (Å²) in [6.07, 6.45) is 2.07. The SMILES string of the molecule is COc1cc(C(=O)N2CCC[C@H]([C@@H](C)N)C2)ccc1OCc1csc(C)n1. The standard InChI is InChI=1S/C20H27N3O3S/c1-13(21)16-5-4-8-23(10-16)20(24)15-6-7-18(19(9-15)25-3)26-11-17-12-27-14(2)22-17/h6-7,9,12-13,16H,4-5,8,10-11,21H2,1-3H3/t13-,16+/m1/s1. The number of carbonyl (C=O) groups is 1. The van der Waals surface area contributed by atoms with E-state index in [4.69, 9.17) is 15.2 Å². The van der Waals surface area contributed by atoms with Crippen molar-refractivity contribution < 1.29 is 14.3 Å². The summed E-state index contributed by atoms with van der Waals surface area (Å²) in [6, 6.07) is 5.43. The van der Waals surface area contributed by atoms with Crippen molar-refractivity contribution in [3.8, 4) is 11.5 Å². The van der Waals surface area contributed by atoms with Crippen LogP contribution in [0.5, 0.6) is 11.5 Å². The number of hydrogen-bond donors (Lipinski definition) is 1. The fraction of sp³-hybridized carbons (Fsp3) is 0.500. The van der Waals surface area contributed by atoms with E-state index in [9.17, 15) is 4.79 Å². The summed E-state index contributed by atoms with van der Waals surface area (Å²) in [5.41, 5.74) is 7.53. The molecule has 0 bridgehead atoms. The molecule has 0 aliphatic carbocycles. The zero-order chi connectivity index (χ0) is 19.4. The number of aromatic nitrogens is 1. The van der Waals surface area contributed by atoms with Crippen molar-refractivity contribution in [1.82, 2.24) is 9.88 Å². The number of rotatable bonds is 6. The molecule has 1 amide bonds. The van der Waals surface area contributed by atoms with Crippen LogP contribution in [0.3, 0.4) is 0 Å². The van der Waals surface area contributed by atoms with E-state index in [-0.39, 0.29) is 11.9 Å². The van der Waals surface area contributed by atoms with Crippen molar-refractivity contribution in [2.45, 2.75) is 39.3 Å². The number of ether oxygens (including phenoxy) is 2. The third-order valence-corrected chi connectivity index (χ3v) is 5.76. The molecule has 0 radical (unpaired) electrons. The van der Waals surface area contributed by atoms with E-state index in [1.165, 1.54) is 0 Å². The van der Waals surface area contributed by atoms with Gasteiger partial charge in [0.2, 0.25) is 0 Å². The summed E-state index contributed by atoms with van der Waals surface area (Å²) in [5, 5.41) is 2.98. The van der Waals surface area contributed by atoms with E-state index < -0.39 is 0 Å². The highest BCUT2D eigenvalue weighted by atomic mass is 32.1. The van der Waals surface area contributed by atoms with E-state index in [0.717, 1.165) is 30.1 Å². The Hall–Kier alpha value is -2.12. The van der Waals surface area contributed by atoms with Gasteiger partial charge in [-0.3, -0.25) is 4.79 Å². The Balaban J connectivity index is 1.70. The number of likely N-dealkylation sites (tertiary alicyclic amines) is 1. The van der Waals surface area contributed by atoms with E-state index in [1.807, 2.05) is 24.1 Å². The predicted molar refractivity (Wildman–Crippen MR) is 106 cm³/mol. The maximum Gasteiger partial charge on any atom is 0.254 e. The van der Waals surface area contributed by atoms with Gasteiger partial charge in [0.1, 0.15) is 6.61 Å². The zero-order valence-corrected chi connectivity index (χ0v) is 16.9. The Morgan fingerprint density at radius 1 is 1.44 bits per heavy atom. The second-order valence-electron chi connectivity index (χ2n) is 7.02. The van der Waals surface area contributed by atoms with Gasteiger partial charge in [0, 0.05) is 30.1 Å². The number of methoxy groups -OCH3 is 1. The minimum atomic E-state index is 0.0142. The minimum absolute atomic E-state index is 0.0142. The minimum Gasteiger partial charge on any atom is -0.493 e. The average Bonchev–Trinajstić information content (AvgIpc) is 3.11. The van der Waals surface area contributed by atoms with E-state index in [1.54, 1.807) is 36.6 Å². The summed E-state index contributed by atoms with van der Waals surface area (Å²) in [5.74, 6) is 1.52. The Labute approximate surface area is 164 Å². The highest BCUT2D eigenvalue weighted by molar-refractivity contribution is 7.09. The molecular weight excluding hydrogens is 362 g/mol.